The Morgan fingerprint density at radius 2 is 2.22 bits per heavy atom. The van der Waals surface area contributed by atoms with E-state index in [0.717, 1.165) is 21.5 Å². The number of carboxylic acid groups (broad SMARTS) is 1. The number of nitrogens with zero attached hydrogens (tertiary/aromatic N) is 3. The van der Waals surface area contributed by atoms with Gasteiger partial charge in [0.2, 0.25) is 0 Å². The minimum Gasteiger partial charge on any atom is -0.476 e. The third-order valence-electron chi connectivity index (χ3n) is 4.00. The van der Waals surface area contributed by atoms with Crippen LogP contribution >= 0.6 is 22.9 Å². The van der Waals surface area contributed by atoms with Gasteiger partial charge in [-0.2, -0.15) is 5.10 Å². The zero-order chi connectivity index (χ0) is 16.1. The van der Waals surface area contributed by atoms with E-state index in [4.69, 9.17) is 21.7 Å². The molecule has 0 amide bonds. The monoisotopic (exact) mass is 347 g/mol. The molecule has 2 heterocycles. The van der Waals surface area contributed by atoms with Crippen molar-refractivity contribution in [2.45, 2.75) is 32.2 Å². The van der Waals surface area contributed by atoms with E-state index in [9.17, 15) is 4.79 Å². The van der Waals surface area contributed by atoms with Gasteiger partial charge in [-0.3, -0.25) is 4.68 Å². The Bertz CT molecular complexity index is 927. The van der Waals surface area contributed by atoms with Crippen molar-refractivity contribution in [1.29, 1.82) is 0 Å². The van der Waals surface area contributed by atoms with Crippen LogP contribution in [0.4, 0.5) is 0 Å². The van der Waals surface area contributed by atoms with Gasteiger partial charge < -0.3 is 5.11 Å². The van der Waals surface area contributed by atoms with Crippen LogP contribution in [0.2, 0.25) is 5.02 Å². The Balaban J connectivity index is 1.77. The molecule has 1 aromatic carbocycles. The summed E-state index contributed by atoms with van der Waals surface area (Å²) < 4.78 is 2.77. The van der Waals surface area contributed by atoms with Gasteiger partial charge in [-0.05, 0) is 38.0 Å². The molecule has 1 aliphatic rings. The van der Waals surface area contributed by atoms with Crippen LogP contribution in [0.5, 0.6) is 0 Å². The molecule has 0 radical (unpaired) electrons. The quantitative estimate of drug-likeness (QED) is 0.772. The first-order chi connectivity index (χ1) is 11.0. The largest absolute Gasteiger partial charge is 0.476 e. The molecule has 0 spiro atoms. The summed E-state index contributed by atoms with van der Waals surface area (Å²) in [6, 6.07) is 5.41. The maximum absolute atomic E-state index is 11.1. The number of hydrogen-bond donors (Lipinski definition) is 1. The van der Waals surface area contributed by atoms with Gasteiger partial charge in [0.25, 0.3) is 0 Å². The molecule has 3 aromatic rings. The fourth-order valence-corrected chi connectivity index (χ4v) is 4.17. The van der Waals surface area contributed by atoms with Crippen molar-refractivity contribution in [2.24, 2.45) is 0 Å². The Morgan fingerprint density at radius 1 is 1.43 bits per heavy atom. The lowest BCUT2D eigenvalue weighted by Crippen LogP contribution is -2.06. The number of aromatic carboxylic acids is 1. The van der Waals surface area contributed by atoms with Crippen LogP contribution < -0.4 is 0 Å². The Morgan fingerprint density at radius 3 is 2.87 bits per heavy atom. The molecule has 0 saturated heterocycles. The number of aromatic nitrogens is 3. The average molecular weight is 348 g/mol. The van der Waals surface area contributed by atoms with Gasteiger partial charge in [-0.15, -0.1) is 11.3 Å². The molecule has 0 atom stereocenters. The summed E-state index contributed by atoms with van der Waals surface area (Å²) in [4.78, 5) is 15.8. The number of carboxylic acids is 1. The SMILES string of the molecule is Cc1cc(C(=O)O)nn1Cc1cc(Cl)cc2sc(C3CC3)nc12. The maximum Gasteiger partial charge on any atom is 0.356 e. The maximum atomic E-state index is 11.1. The molecule has 1 fully saturated rings. The second-order valence-electron chi connectivity index (χ2n) is 5.87. The normalized spacial score (nSPS) is 14.5. The van der Waals surface area contributed by atoms with Crippen LogP contribution in [0.3, 0.4) is 0 Å². The van der Waals surface area contributed by atoms with Gasteiger partial charge in [-0.1, -0.05) is 11.6 Å². The van der Waals surface area contributed by atoms with Gasteiger partial charge in [0.1, 0.15) is 0 Å². The zero-order valence-electron chi connectivity index (χ0n) is 12.4. The number of rotatable bonds is 4. The van der Waals surface area contributed by atoms with E-state index in [-0.39, 0.29) is 5.69 Å². The summed E-state index contributed by atoms with van der Waals surface area (Å²) in [6.45, 7) is 2.31. The molecule has 0 aliphatic heterocycles. The van der Waals surface area contributed by atoms with Gasteiger partial charge in [0, 0.05) is 22.2 Å². The molecule has 4 rings (SSSR count). The van der Waals surface area contributed by atoms with Crippen molar-refractivity contribution in [3.05, 3.63) is 45.2 Å². The highest BCUT2D eigenvalue weighted by Crippen LogP contribution is 2.44. The van der Waals surface area contributed by atoms with Gasteiger partial charge in [-0.25, -0.2) is 9.78 Å². The molecule has 0 unspecified atom stereocenters. The smallest absolute Gasteiger partial charge is 0.356 e. The van der Waals surface area contributed by atoms with E-state index in [2.05, 4.69) is 5.10 Å². The third-order valence-corrected chi connectivity index (χ3v) is 5.39. The molecule has 2 aromatic heterocycles. The predicted octanol–water partition coefficient (Wildman–Crippen LogP) is 4.08. The first-order valence-corrected chi connectivity index (χ1v) is 8.57. The van der Waals surface area contributed by atoms with Crippen LogP contribution in [-0.2, 0) is 6.54 Å². The number of fused-ring (bicyclic) bond motifs is 1. The fourth-order valence-electron chi connectivity index (χ4n) is 2.64. The molecule has 118 valence electrons. The summed E-state index contributed by atoms with van der Waals surface area (Å²) in [5.41, 5.74) is 2.78. The van der Waals surface area contributed by atoms with E-state index in [1.54, 1.807) is 22.1 Å². The topological polar surface area (TPSA) is 68.0 Å². The van der Waals surface area contributed by atoms with Crippen molar-refractivity contribution in [3.8, 4) is 0 Å². The number of thiazole rings is 1. The molecule has 0 bridgehead atoms. The summed E-state index contributed by atoms with van der Waals surface area (Å²) in [6.07, 6.45) is 2.42. The molecule has 1 saturated carbocycles. The molecule has 1 N–H and O–H groups in total. The predicted molar refractivity (Wildman–Crippen MR) is 89.6 cm³/mol. The highest BCUT2D eigenvalue weighted by molar-refractivity contribution is 7.18. The van der Waals surface area contributed by atoms with Crippen molar-refractivity contribution in [2.75, 3.05) is 0 Å². The molecule has 5 nitrogen and oxygen atoms in total. The highest BCUT2D eigenvalue weighted by Gasteiger charge is 2.27. The lowest BCUT2D eigenvalue weighted by Gasteiger charge is -2.06. The second kappa shape index (κ2) is 5.32. The molecule has 23 heavy (non-hydrogen) atoms. The van der Waals surface area contributed by atoms with Crippen LogP contribution in [0.15, 0.2) is 18.2 Å². The fraction of sp³-hybridized carbons (Fsp3) is 0.312. The lowest BCUT2D eigenvalue weighted by atomic mass is 10.2. The molecule has 7 heteroatoms. The molecular formula is C16H14ClN3O2S. The number of benzene rings is 1. The van der Waals surface area contributed by atoms with E-state index in [1.807, 2.05) is 19.1 Å². The lowest BCUT2D eigenvalue weighted by molar-refractivity contribution is 0.0689. The average Bonchev–Trinajstić information content (AvgIpc) is 3.15. The molecule has 1 aliphatic carbocycles. The van der Waals surface area contributed by atoms with Crippen LogP contribution in [-0.4, -0.2) is 25.8 Å². The Labute approximate surface area is 141 Å². The number of aryl methyl sites for hydroxylation is 1. The van der Waals surface area contributed by atoms with Gasteiger partial charge in [0.15, 0.2) is 5.69 Å². The summed E-state index contributed by atoms with van der Waals surface area (Å²) in [5.74, 6) is -0.420. The number of carbonyl (C=O) groups is 1. The van der Waals surface area contributed by atoms with Crippen molar-refractivity contribution >= 4 is 39.1 Å². The van der Waals surface area contributed by atoms with Crippen LogP contribution in [0.25, 0.3) is 10.2 Å². The van der Waals surface area contributed by atoms with Gasteiger partial charge in [0.05, 0.1) is 21.8 Å². The minimum absolute atomic E-state index is 0.0534. The summed E-state index contributed by atoms with van der Waals surface area (Å²) in [5, 5.41) is 15.1. The first-order valence-electron chi connectivity index (χ1n) is 7.38. The van der Waals surface area contributed by atoms with Crippen molar-refractivity contribution in [1.82, 2.24) is 14.8 Å². The summed E-state index contributed by atoms with van der Waals surface area (Å²) in [7, 11) is 0. The standard InChI is InChI=1S/C16H14ClN3O2S/c1-8-4-12(16(21)22)19-20(8)7-10-5-11(17)6-13-14(10)18-15(23-13)9-2-3-9/h4-6,9H,2-3,7H2,1H3,(H,21,22). The second-order valence-corrected chi connectivity index (χ2v) is 7.37. The Kier molecular flexibility index (Phi) is 3.39. The van der Waals surface area contributed by atoms with E-state index in [1.165, 1.54) is 17.8 Å². The van der Waals surface area contributed by atoms with E-state index < -0.39 is 5.97 Å². The highest BCUT2D eigenvalue weighted by atomic mass is 35.5. The molecular weight excluding hydrogens is 334 g/mol. The number of halogens is 1. The van der Waals surface area contributed by atoms with E-state index in [0.29, 0.717) is 17.5 Å². The third kappa shape index (κ3) is 2.72. The zero-order valence-corrected chi connectivity index (χ0v) is 14.0. The van der Waals surface area contributed by atoms with E-state index >= 15 is 0 Å². The summed E-state index contributed by atoms with van der Waals surface area (Å²) >= 11 is 7.95. The van der Waals surface area contributed by atoms with Crippen molar-refractivity contribution < 1.29 is 9.90 Å². The minimum atomic E-state index is -1.02. The van der Waals surface area contributed by atoms with Crippen LogP contribution in [0.1, 0.15) is 45.5 Å². The number of hydrogen-bond acceptors (Lipinski definition) is 4. The van der Waals surface area contributed by atoms with Gasteiger partial charge >= 0.3 is 5.97 Å². The van der Waals surface area contributed by atoms with Crippen LogP contribution in [0, 0.1) is 6.92 Å². The first kappa shape index (κ1) is 14.7. The van der Waals surface area contributed by atoms with Crippen molar-refractivity contribution in [3.63, 3.8) is 0 Å². The Hall–Kier alpha value is -1.92.